The molecule has 0 spiro atoms. The van der Waals surface area contributed by atoms with Gasteiger partial charge in [-0.1, -0.05) is 17.7 Å². The number of alkyl halides is 1. The van der Waals surface area contributed by atoms with Gasteiger partial charge in [-0.25, -0.2) is 0 Å². The fourth-order valence-corrected chi connectivity index (χ4v) is 3.18. The van der Waals surface area contributed by atoms with E-state index in [-0.39, 0.29) is 0 Å². The van der Waals surface area contributed by atoms with Crippen LogP contribution in [0.4, 0.5) is 11.4 Å². The number of nitrogens with zero attached hydrogens (tertiary/aromatic N) is 2. The largest absolute Gasteiger partial charge is 0.493 e. The molecule has 144 valence electrons. The van der Waals surface area contributed by atoms with E-state index in [4.69, 9.17) is 32.7 Å². The van der Waals surface area contributed by atoms with Crippen LogP contribution < -0.4 is 14.8 Å². The summed E-state index contributed by atoms with van der Waals surface area (Å²) in [5.74, 6) is 1.65. The second kappa shape index (κ2) is 9.01. The summed E-state index contributed by atoms with van der Waals surface area (Å²) in [4.78, 5) is 4.40. The molecule has 7 heteroatoms. The zero-order valence-corrected chi connectivity index (χ0v) is 17.1. The van der Waals surface area contributed by atoms with Gasteiger partial charge >= 0.3 is 0 Å². The molecule has 0 radical (unpaired) electrons. The maximum absolute atomic E-state index is 9.56. The fraction of sp³-hybridized carbons (Fsp3) is 0.238. The lowest BCUT2D eigenvalue weighted by Gasteiger charge is -2.16. The first kappa shape index (κ1) is 20.1. The molecule has 3 aromatic rings. The zero-order chi connectivity index (χ0) is 20.1. The van der Waals surface area contributed by atoms with Crippen LogP contribution in [0.3, 0.4) is 0 Å². The van der Waals surface area contributed by atoms with Crippen molar-refractivity contribution in [1.29, 1.82) is 5.26 Å². The van der Waals surface area contributed by atoms with Crippen molar-refractivity contribution in [3.63, 3.8) is 0 Å². The van der Waals surface area contributed by atoms with Crippen LogP contribution in [0.25, 0.3) is 10.9 Å². The molecule has 0 aliphatic rings. The average Bonchev–Trinajstić information content (AvgIpc) is 2.69. The lowest BCUT2D eigenvalue weighted by molar-refractivity contribution is 0.295. The van der Waals surface area contributed by atoms with E-state index in [1.165, 1.54) is 6.20 Å². The summed E-state index contributed by atoms with van der Waals surface area (Å²) >= 11 is 12.1. The lowest BCUT2D eigenvalue weighted by Crippen LogP contribution is -2.02. The average molecular weight is 416 g/mol. The molecule has 2 aromatic carbocycles. The molecule has 0 aliphatic heterocycles. The third-order valence-electron chi connectivity index (χ3n) is 4.19. The van der Waals surface area contributed by atoms with Crippen LogP contribution in [-0.4, -0.2) is 24.6 Å². The van der Waals surface area contributed by atoms with Gasteiger partial charge in [0.05, 0.1) is 41.2 Å². The lowest BCUT2D eigenvalue weighted by atomic mass is 10.1. The van der Waals surface area contributed by atoms with E-state index in [2.05, 4.69) is 16.4 Å². The van der Waals surface area contributed by atoms with E-state index in [9.17, 15) is 5.26 Å². The topological polar surface area (TPSA) is 67.2 Å². The van der Waals surface area contributed by atoms with Crippen LogP contribution in [0.2, 0.25) is 5.02 Å². The molecular weight excluding hydrogens is 397 g/mol. The molecule has 1 aromatic heterocycles. The zero-order valence-electron chi connectivity index (χ0n) is 15.6. The van der Waals surface area contributed by atoms with Gasteiger partial charge in [-0.2, -0.15) is 5.26 Å². The molecule has 0 unspecified atom stereocenters. The standard InChI is InChI=1S/C21H19Cl2N3O2/c1-13-4-5-17(16(23)8-13)26-21-14(11-24)12-25-18-10-20(28-7-3-6-22)19(27-2)9-15(18)21/h4-5,8-10,12H,3,6-7H2,1-2H3,(H,25,26). The number of anilines is 2. The summed E-state index contributed by atoms with van der Waals surface area (Å²) in [5, 5.41) is 14.1. The van der Waals surface area contributed by atoms with Gasteiger partial charge in [0.25, 0.3) is 0 Å². The number of nitrogens with one attached hydrogen (secondary N) is 1. The Morgan fingerprint density at radius 1 is 1.21 bits per heavy atom. The first-order valence-electron chi connectivity index (χ1n) is 8.70. The summed E-state index contributed by atoms with van der Waals surface area (Å²) < 4.78 is 11.2. The van der Waals surface area contributed by atoms with E-state index in [1.54, 1.807) is 13.2 Å². The van der Waals surface area contributed by atoms with Crippen LogP contribution in [-0.2, 0) is 0 Å². The van der Waals surface area contributed by atoms with Gasteiger partial charge in [0.1, 0.15) is 6.07 Å². The molecule has 0 saturated carbocycles. The van der Waals surface area contributed by atoms with Crippen molar-refractivity contribution in [1.82, 2.24) is 4.98 Å². The van der Waals surface area contributed by atoms with Crippen LogP contribution >= 0.6 is 23.2 Å². The maximum atomic E-state index is 9.56. The van der Waals surface area contributed by atoms with Crippen molar-refractivity contribution in [2.75, 3.05) is 24.9 Å². The Bertz CT molecular complexity index is 1050. The minimum Gasteiger partial charge on any atom is -0.493 e. The van der Waals surface area contributed by atoms with Crippen molar-refractivity contribution in [2.45, 2.75) is 13.3 Å². The molecule has 0 aliphatic carbocycles. The Morgan fingerprint density at radius 3 is 2.71 bits per heavy atom. The number of hydrogen-bond donors (Lipinski definition) is 1. The molecule has 0 atom stereocenters. The third kappa shape index (κ3) is 4.24. The van der Waals surface area contributed by atoms with Crippen LogP contribution in [0.5, 0.6) is 11.5 Å². The van der Waals surface area contributed by atoms with Crippen LogP contribution in [0.1, 0.15) is 17.5 Å². The minimum atomic E-state index is 0.405. The molecule has 28 heavy (non-hydrogen) atoms. The number of pyridine rings is 1. The summed E-state index contributed by atoms with van der Waals surface area (Å²) in [5.41, 5.74) is 3.45. The van der Waals surface area contributed by atoms with Gasteiger partial charge in [0, 0.05) is 23.5 Å². The highest BCUT2D eigenvalue weighted by Gasteiger charge is 2.15. The molecule has 1 heterocycles. The first-order valence-corrected chi connectivity index (χ1v) is 9.61. The Kier molecular flexibility index (Phi) is 6.45. The van der Waals surface area contributed by atoms with Gasteiger partial charge in [-0.3, -0.25) is 4.98 Å². The van der Waals surface area contributed by atoms with E-state index in [0.29, 0.717) is 51.5 Å². The fourth-order valence-electron chi connectivity index (χ4n) is 2.78. The predicted octanol–water partition coefficient (Wildman–Crippen LogP) is 5.83. The highest BCUT2D eigenvalue weighted by atomic mass is 35.5. The molecule has 1 N–H and O–H groups in total. The summed E-state index contributed by atoms with van der Waals surface area (Å²) in [6.07, 6.45) is 2.25. The highest BCUT2D eigenvalue weighted by molar-refractivity contribution is 6.33. The SMILES string of the molecule is COc1cc2c(Nc3ccc(C)cc3Cl)c(C#N)cnc2cc1OCCCCl. The van der Waals surface area contributed by atoms with Crippen molar-refractivity contribution in [3.8, 4) is 17.6 Å². The second-order valence-corrected chi connectivity index (χ2v) is 6.96. The van der Waals surface area contributed by atoms with Crippen molar-refractivity contribution in [2.24, 2.45) is 0 Å². The van der Waals surface area contributed by atoms with Gasteiger partial charge < -0.3 is 14.8 Å². The molecular formula is C21H19Cl2N3O2. The van der Waals surface area contributed by atoms with E-state index >= 15 is 0 Å². The summed E-state index contributed by atoms with van der Waals surface area (Å²) in [6, 6.07) is 11.5. The van der Waals surface area contributed by atoms with Crippen molar-refractivity contribution >= 4 is 45.5 Å². The Hall–Kier alpha value is -2.68. The first-order chi connectivity index (χ1) is 13.6. The predicted molar refractivity (Wildman–Crippen MR) is 113 cm³/mol. The number of nitriles is 1. The normalized spacial score (nSPS) is 10.5. The van der Waals surface area contributed by atoms with E-state index in [1.807, 2.05) is 31.2 Å². The number of hydrogen-bond acceptors (Lipinski definition) is 5. The van der Waals surface area contributed by atoms with Gasteiger partial charge in [0.2, 0.25) is 0 Å². The third-order valence-corrected chi connectivity index (χ3v) is 4.77. The molecule has 0 bridgehead atoms. The number of fused-ring (bicyclic) bond motifs is 1. The summed E-state index contributed by atoms with van der Waals surface area (Å²) in [6.45, 7) is 2.44. The maximum Gasteiger partial charge on any atom is 0.163 e. The van der Waals surface area contributed by atoms with Crippen molar-refractivity contribution < 1.29 is 9.47 Å². The van der Waals surface area contributed by atoms with Crippen molar-refractivity contribution in [3.05, 3.63) is 52.7 Å². The molecule has 5 nitrogen and oxygen atoms in total. The van der Waals surface area contributed by atoms with E-state index in [0.717, 1.165) is 17.4 Å². The molecule has 3 rings (SSSR count). The number of aryl methyl sites for hydroxylation is 1. The molecule has 0 saturated heterocycles. The monoisotopic (exact) mass is 415 g/mol. The number of aromatic nitrogens is 1. The minimum absolute atomic E-state index is 0.405. The van der Waals surface area contributed by atoms with Gasteiger partial charge in [0.15, 0.2) is 11.5 Å². The van der Waals surface area contributed by atoms with Crippen LogP contribution in [0, 0.1) is 18.3 Å². The second-order valence-electron chi connectivity index (χ2n) is 6.18. The van der Waals surface area contributed by atoms with Gasteiger partial charge in [-0.15, -0.1) is 11.6 Å². The summed E-state index contributed by atoms with van der Waals surface area (Å²) in [7, 11) is 1.57. The number of rotatable bonds is 7. The van der Waals surface area contributed by atoms with Gasteiger partial charge in [-0.05, 0) is 37.1 Å². The Labute approximate surface area is 173 Å². The molecule has 0 amide bonds. The molecule has 0 fully saturated rings. The van der Waals surface area contributed by atoms with Crippen LogP contribution in [0.15, 0.2) is 36.5 Å². The number of methoxy groups -OCH3 is 1. The Morgan fingerprint density at radius 2 is 2.04 bits per heavy atom. The quantitative estimate of drug-likeness (QED) is 0.388. The number of ether oxygens (including phenoxy) is 2. The highest BCUT2D eigenvalue weighted by Crippen LogP contribution is 2.38. The number of benzene rings is 2. The Balaban J connectivity index is 2.10. The smallest absolute Gasteiger partial charge is 0.163 e. The van der Waals surface area contributed by atoms with E-state index < -0.39 is 0 Å². The number of halogens is 2.